The second kappa shape index (κ2) is 12.1. The Hall–Kier alpha value is -2.86. The molecule has 0 saturated carbocycles. The van der Waals surface area contributed by atoms with Crippen molar-refractivity contribution in [3.05, 3.63) is 51.2 Å². The highest BCUT2D eigenvalue weighted by Crippen LogP contribution is 2.32. The van der Waals surface area contributed by atoms with Crippen molar-refractivity contribution in [3.63, 3.8) is 0 Å². The summed E-state index contributed by atoms with van der Waals surface area (Å²) in [6, 6.07) is 3.71. The van der Waals surface area contributed by atoms with Gasteiger partial charge in [0.25, 0.3) is 5.56 Å². The van der Waals surface area contributed by atoms with E-state index in [-0.39, 0.29) is 52.8 Å². The van der Waals surface area contributed by atoms with Gasteiger partial charge in [-0.2, -0.15) is 36.2 Å². The van der Waals surface area contributed by atoms with E-state index in [2.05, 4.69) is 10.4 Å². The Bertz CT molecular complexity index is 1390. The molecule has 1 aromatic heterocycles. The van der Waals surface area contributed by atoms with Crippen LogP contribution in [0.15, 0.2) is 29.2 Å². The summed E-state index contributed by atoms with van der Waals surface area (Å²) in [4.78, 5) is 13.0. The maximum absolute atomic E-state index is 14.4. The largest absolute Gasteiger partial charge is 0.381 e. The summed E-state index contributed by atoms with van der Waals surface area (Å²) in [6.07, 6.45) is 3.57. The summed E-state index contributed by atoms with van der Waals surface area (Å²) >= 11 is 6.36. The Morgan fingerprint density at radius 2 is 2.00 bits per heavy atom. The molecule has 0 radical (unpaired) electrons. The van der Waals surface area contributed by atoms with Gasteiger partial charge in [0.1, 0.15) is 10.8 Å². The molecule has 2 aromatic rings. The Labute approximate surface area is 229 Å². The number of rotatable bonds is 8. The minimum Gasteiger partial charge on any atom is -0.381 e. The van der Waals surface area contributed by atoms with Crippen molar-refractivity contribution in [2.45, 2.75) is 51.2 Å². The average Bonchev–Trinajstić information content (AvgIpc) is 2.92. The van der Waals surface area contributed by atoms with Gasteiger partial charge in [-0.1, -0.05) is 11.6 Å². The average molecular weight is 589 g/mol. The van der Waals surface area contributed by atoms with Gasteiger partial charge in [0, 0.05) is 31.7 Å². The fourth-order valence-corrected chi connectivity index (χ4v) is 6.56. The molecule has 2 fully saturated rings. The van der Waals surface area contributed by atoms with Crippen molar-refractivity contribution in [2.75, 3.05) is 35.9 Å². The zero-order valence-corrected chi connectivity index (χ0v) is 22.6. The quantitative estimate of drug-likeness (QED) is 0.466. The Balaban J connectivity index is 1.47. The molecule has 0 unspecified atom stereocenters. The van der Waals surface area contributed by atoms with E-state index in [1.165, 1.54) is 10.9 Å². The molecule has 4 rings (SSSR count). The number of benzene rings is 1. The molecule has 1 N–H and O–H groups in total. The molecule has 212 valence electrons. The maximum atomic E-state index is 14.4. The summed E-state index contributed by atoms with van der Waals surface area (Å²) in [5.41, 5.74) is -1.18. The van der Waals surface area contributed by atoms with Gasteiger partial charge in [-0.3, -0.25) is 4.79 Å². The topological polar surface area (TPSA) is 121 Å². The highest BCUT2D eigenvalue weighted by molar-refractivity contribution is 7.90. The molecular formula is C24H28ClF3N6O4S. The Morgan fingerprint density at radius 1 is 1.28 bits per heavy atom. The van der Waals surface area contributed by atoms with Gasteiger partial charge < -0.3 is 10.1 Å². The van der Waals surface area contributed by atoms with Gasteiger partial charge >= 0.3 is 16.8 Å². The van der Waals surface area contributed by atoms with E-state index < -0.39 is 39.9 Å². The molecule has 0 spiro atoms. The van der Waals surface area contributed by atoms with Crippen LogP contribution in [0, 0.1) is 23.1 Å². The standard InChI is InChI=1S/C24H28ClF3N6O4S/c1-15(17-3-2-10-38-14-17)31-20-13-30-33(23(35)22(20)25)18-6-8-32(9-7-18)39(36,37)34(24(27)28)21-5-4-16(12-29)11-19(21)26/h4-5,11,13,15,17-18,24,31H,2-3,6-10,14H2,1H3/t15-,17+/m0/s1. The molecule has 10 nitrogen and oxygen atoms in total. The first-order chi connectivity index (χ1) is 18.5. The smallest absolute Gasteiger partial charge is 0.329 e. The van der Waals surface area contributed by atoms with Gasteiger partial charge in [-0.15, -0.1) is 0 Å². The number of piperidine rings is 1. The highest BCUT2D eigenvalue weighted by atomic mass is 35.5. The van der Waals surface area contributed by atoms with Crippen molar-refractivity contribution in [1.29, 1.82) is 5.26 Å². The number of nitriles is 1. The van der Waals surface area contributed by atoms with Crippen LogP contribution in [0.5, 0.6) is 0 Å². The van der Waals surface area contributed by atoms with Gasteiger partial charge in [0.05, 0.1) is 41.9 Å². The summed E-state index contributed by atoms with van der Waals surface area (Å²) in [7, 11) is -4.83. The number of ether oxygens (including phenoxy) is 1. The first-order valence-electron chi connectivity index (χ1n) is 12.4. The van der Waals surface area contributed by atoms with Crippen molar-refractivity contribution < 1.29 is 26.3 Å². The SMILES string of the molecule is C[C@H](Nc1cnn(C2CCN(S(=O)(=O)N(c3ccc(C#N)cc3F)C(F)F)CC2)c(=O)c1Cl)[C@@H]1CCCOC1. The van der Waals surface area contributed by atoms with E-state index in [1.54, 1.807) is 6.07 Å². The Morgan fingerprint density at radius 3 is 2.59 bits per heavy atom. The van der Waals surface area contributed by atoms with Gasteiger partial charge in [-0.05, 0) is 50.8 Å². The molecule has 2 saturated heterocycles. The molecule has 3 heterocycles. The molecule has 0 bridgehead atoms. The molecule has 2 aliphatic rings. The molecule has 1 aromatic carbocycles. The van der Waals surface area contributed by atoms with Crippen LogP contribution in [0.4, 0.5) is 24.5 Å². The van der Waals surface area contributed by atoms with Crippen LogP contribution in [0.3, 0.4) is 0 Å². The minimum atomic E-state index is -4.83. The lowest BCUT2D eigenvalue weighted by Crippen LogP contribution is -2.50. The fraction of sp³-hybridized carbons (Fsp3) is 0.542. The van der Waals surface area contributed by atoms with Crippen LogP contribution in [0.2, 0.25) is 5.02 Å². The van der Waals surface area contributed by atoms with Gasteiger partial charge in [0.15, 0.2) is 0 Å². The van der Waals surface area contributed by atoms with Crippen LogP contribution >= 0.6 is 11.6 Å². The van der Waals surface area contributed by atoms with E-state index in [1.807, 2.05) is 6.92 Å². The van der Waals surface area contributed by atoms with Crippen LogP contribution in [-0.4, -0.2) is 61.4 Å². The van der Waals surface area contributed by atoms with Crippen molar-refractivity contribution in [1.82, 2.24) is 14.1 Å². The first kappa shape index (κ1) is 29.1. The number of halogens is 4. The van der Waals surface area contributed by atoms with Crippen LogP contribution < -0.4 is 15.2 Å². The third-order valence-electron chi connectivity index (χ3n) is 7.07. The number of aromatic nitrogens is 2. The molecule has 2 atom stereocenters. The van der Waals surface area contributed by atoms with E-state index in [0.29, 0.717) is 18.4 Å². The lowest BCUT2D eigenvalue weighted by Gasteiger charge is -2.35. The number of nitrogens with one attached hydrogen (secondary N) is 1. The molecular weight excluding hydrogens is 561 g/mol. The number of nitrogens with zero attached hydrogens (tertiary/aromatic N) is 5. The normalized spacial score (nSPS) is 20.0. The van der Waals surface area contributed by atoms with Crippen LogP contribution in [-0.2, 0) is 14.9 Å². The fourth-order valence-electron chi connectivity index (χ4n) is 4.86. The van der Waals surface area contributed by atoms with Gasteiger partial charge in [-0.25, -0.2) is 9.07 Å². The molecule has 39 heavy (non-hydrogen) atoms. The molecule has 2 aliphatic heterocycles. The minimum absolute atomic E-state index is 0.00739. The second-order valence-electron chi connectivity index (χ2n) is 9.52. The van der Waals surface area contributed by atoms with E-state index in [4.69, 9.17) is 21.6 Å². The zero-order valence-electron chi connectivity index (χ0n) is 21.1. The van der Waals surface area contributed by atoms with E-state index >= 15 is 0 Å². The zero-order chi connectivity index (χ0) is 28.3. The van der Waals surface area contributed by atoms with Crippen molar-refractivity contribution in [3.8, 4) is 6.07 Å². The predicted molar refractivity (Wildman–Crippen MR) is 138 cm³/mol. The molecule has 0 amide bonds. The summed E-state index contributed by atoms with van der Waals surface area (Å²) in [5, 5.41) is 16.3. The Kier molecular flexibility index (Phi) is 9.05. The number of hydrogen-bond donors (Lipinski definition) is 1. The summed E-state index contributed by atoms with van der Waals surface area (Å²) in [5.74, 6) is -1.01. The second-order valence-corrected chi connectivity index (χ2v) is 11.7. The van der Waals surface area contributed by atoms with Crippen LogP contribution in [0.25, 0.3) is 0 Å². The number of hydrogen-bond acceptors (Lipinski definition) is 7. The molecule has 15 heteroatoms. The molecule has 0 aliphatic carbocycles. The first-order valence-corrected chi connectivity index (χ1v) is 14.2. The third kappa shape index (κ3) is 6.16. The highest BCUT2D eigenvalue weighted by Gasteiger charge is 2.39. The van der Waals surface area contributed by atoms with E-state index in [9.17, 15) is 26.4 Å². The van der Waals surface area contributed by atoms with Crippen molar-refractivity contribution >= 4 is 33.2 Å². The third-order valence-corrected chi connectivity index (χ3v) is 9.30. The van der Waals surface area contributed by atoms with Crippen molar-refractivity contribution in [2.24, 2.45) is 5.92 Å². The number of anilines is 2. The predicted octanol–water partition coefficient (Wildman–Crippen LogP) is 3.75. The van der Waals surface area contributed by atoms with Gasteiger partial charge in [0.2, 0.25) is 0 Å². The maximum Gasteiger partial charge on any atom is 0.329 e. The summed E-state index contributed by atoms with van der Waals surface area (Å²) in [6.45, 7) is -0.672. The van der Waals surface area contributed by atoms with E-state index in [0.717, 1.165) is 35.9 Å². The lowest BCUT2D eigenvalue weighted by atomic mass is 9.95. The van der Waals surface area contributed by atoms with Crippen LogP contribution in [0.1, 0.15) is 44.2 Å². The lowest BCUT2D eigenvalue weighted by molar-refractivity contribution is 0.0496. The summed E-state index contributed by atoms with van der Waals surface area (Å²) < 4.78 is 75.6. The number of alkyl halides is 2. The monoisotopic (exact) mass is 588 g/mol.